The monoisotopic (exact) mass is 302 g/mol. The molecule has 2 nitrogen and oxygen atoms in total. The van der Waals surface area contributed by atoms with E-state index in [0.29, 0.717) is 6.04 Å². The number of hydrogen-bond acceptors (Lipinski definition) is 1. The van der Waals surface area contributed by atoms with E-state index in [1.165, 1.54) is 11.6 Å². The summed E-state index contributed by atoms with van der Waals surface area (Å²) in [6, 6.07) is 15.8. The SMILES string of the molecule is COc1ccc(CC[C@@H](C)[NH2+]CCc2ccccc2F)cc1. The molecule has 0 radical (unpaired) electrons. The predicted molar refractivity (Wildman–Crippen MR) is 87.7 cm³/mol. The first kappa shape index (κ1) is 16.5. The number of benzene rings is 2. The van der Waals surface area contributed by atoms with Gasteiger partial charge in [-0.15, -0.1) is 0 Å². The first-order valence-electron chi connectivity index (χ1n) is 7.88. The van der Waals surface area contributed by atoms with Gasteiger partial charge in [0.1, 0.15) is 11.6 Å². The van der Waals surface area contributed by atoms with Crippen LogP contribution in [0, 0.1) is 5.82 Å². The van der Waals surface area contributed by atoms with Crippen molar-refractivity contribution >= 4 is 0 Å². The molecular formula is C19H25FNO+. The summed E-state index contributed by atoms with van der Waals surface area (Å²) in [5, 5.41) is 2.30. The molecule has 0 spiro atoms. The number of nitrogens with two attached hydrogens (primary N) is 1. The number of methoxy groups -OCH3 is 1. The van der Waals surface area contributed by atoms with Crippen molar-refractivity contribution in [1.82, 2.24) is 0 Å². The van der Waals surface area contributed by atoms with Crippen molar-refractivity contribution in [2.24, 2.45) is 0 Å². The second kappa shape index (κ2) is 8.54. The van der Waals surface area contributed by atoms with Crippen molar-refractivity contribution in [1.29, 1.82) is 0 Å². The van der Waals surface area contributed by atoms with Crippen molar-refractivity contribution in [3.05, 3.63) is 65.5 Å². The standard InChI is InChI=1S/C19H24FNO/c1-15(7-8-16-9-11-18(22-2)12-10-16)21-14-13-17-5-3-4-6-19(17)20/h3-6,9-12,15,21H,7-8,13-14H2,1-2H3/p+1/t15-/m1/s1. The summed E-state index contributed by atoms with van der Waals surface area (Å²) in [6.45, 7) is 3.15. The fourth-order valence-corrected chi connectivity index (χ4v) is 2.53. The Hall–Kier alpha value is -1.87. The minimum atomic E-state index is -0.0956. The molecule has 2 rings (SSSR count). The van der Waals surface area contributed by atoms with E-state index in [2.05, 4.69) is 24.4 Å². The van der Waals surface area contributed by atoms with Gasteiger partial charge in [0, 0.05) is 12.8 Å². The maximum absolute atomic E-state index is 13.5. The lowest BCUT2D eigenvalue weighted by Crippen LogP contribution is -2.89. The largest absolute Gasteiger partial charge is 0.497 e. The molecule has 0 amide bonds. The summed E-state index contributed by atoms with van der Waals surface area (Å²) in [5.41, 5.74) is 2.14. The molecule has 3 heteroatoms. The van der Waals surface area contributed by atoms with Crippen LogP contribution in [-0.4, -0.2) is 19.7 Å². The Morgan fingerprint density at radius 2 is 1.77 bits per heavy atom. The van der Waals surface area contributed by atoms with Crippen LogP contribution in [0.1, 0.15) is 24.5 Å². The summed E-state index contributed by atoms with van der Waals surface area (Å²) in [7, 11) is 1.68. The fourth-order valence-electron chi connectivity index (χ4n) is 2.53. The van der Waals surface area contributed by atoms with Gasteiger partial charge >= 0.3 is 0 Å². The number of quaternary nitrogens is 1. The van der Waals surface area contributed by atoms with Crippen LogP contribution in [0.3, 0.4) is 0 Å². The van der Waals surface area contributed by atoms with E-state index in [9.17, 15) is 4.39 Å². The van der Waals surface area contributed by atoms with E-state index < -0.39 is 0 Å². The van der Waals surface area contributed by atoms with Crippen molar-refractivity contribution in [3.8, 4) is 5.75 Å². The molecule has 2 aromatic rings. The minimum Gasteiger partial charge on any atom is -0.497 e. The Kier molecular flexibility index (Phi) is 6.41. The lowest BCUT2D eigenvalue weighted by molar-refractivity contribution is -0.686. The summed E-state index contributed by atoms with van der Waals surface area (Å²) < 4.78 is 18.7. The first-order valence-corrected chi connectivity index (χ1v) is 7.88. The maximum atomic E-state index is 13.5. The molecule has 22 heavy (non-hydrogen) atoms. The van der Waals surface area contributed by atoms with E-state index in [1.54, 1.807) is 13.2 Å². The molecule has 2 N–H and O–H groups in total. The zero-order chi connectivity index (χ0) is 15.8. The average Bonchev–Trinajstić information content (AvgIpc) is 2.55. The zero-order valence-electron chi connectivity index (χ0n) is 13.4. The van der Waals surface area contributed by atoms with E-state index >= 15 is 0 Å². The Morgan fingerprint density at radius 3 is 2.45 bits per heavy atom. The molecular weight excluding hydrogens is 277 g/mol. The molecule has 0 saturated carbocycles. The van der Waals surface area contributed by atoms with Gasteiger partial charge in [-0.25, -0.2) is 4.39 Å². The van der Waals surface area contributed by atoms with Crippen LogP contribution < -0.4 is 10.1 Å². The van der Waals surface area contributed by atoms with Crippen LogP contribution >= 0.6 is 0 Å². The highest BCUT2D eigenvalue weighted by Gasteiger charge is 2.07. The highest BCUT2D eigenvalue weighted by atomic mass is 19.1. The molecule has 0 heterocycles. The van der Waals surface area contributed by atoms with Crippen LogP contribution in [0.5, 0.6) is 5.75 Å². The molecule has 0 saturated heterocycles. The number of ether oxygens (including phenoxy) is 1. The molecule has 0 aliphatic heterocycles. The number of aryl methyl sites for hydroxylation is 1. The second-order valence-corrected chi connectivity index (χ2v) is 5.73. The molecule has 1 atom stereocenters. The van der Waals surface area contributed by atoms with Crippen molar-refractivity contribution in [2.45, 2.75) is 32.2 Å². The number of rotatable bonds is 8. The van der Waals surface area contributed by atoms with Crippen molar-refractivity contribution < 1.29 is 14.4 Å². The Balaban J connectivity index is 1.69. The highest BCUT2D eigenvalue weighted by molar-refractivity contribution is 5.27. The molecule has 0 aliphatic carbocycles. The van der Waals surface area contributed by atoms with Gasteiger partial charge in [-0.1, -0.05) is 30.3 Å². The molecule has 0 unspecified atom stereocenters. The average molecular weight is 302 g/mol. The number of halogens is 1. The zero-order valence-corrected chi connectivity index (χ0v) is 13.4. The van der Waals surface area contributed by atoms with Crippen LogP contribution in [-0.2, 0) is 12.8 Å². The molecule has 0 aliphatic rings. The third-order valence-corrected chi connectivity index (χ3v) is 3.99. The summed E-state index contributed by atoms with van der Waals surface area (Å²) in [5.74, 6) is 0.801. The third kappa shape index (κ3) is 5.15. The summed E-state index contributed by atoms with van der Waals surface area (Å²) in [4.78, 5) is 0. The molecule has 0 fully saturated rings. The van der Waals surface area contributed by atoms with Crippen LogP contribution in [0.15, 0.2) is 48.5 Å². The van der Waals surface area contributed by atoms with Gasteiger partial charge in [0.15, 0.2) is 0 Å². The van der Waals surface area contributed by atoms with E-state index in [-0.39, 0.29) is 5.82 Å². The molecule has 2 aromatic carbocycles. The highest BCUT2D eigenvalue weighted by Crippen LogP contribution is 2.12. The van der Waals surface area contributed by atoms with Gasteiger partial charge < -0.3 is 10.1 Å². The van der Waals surface area contributed by atoms with Gasteiger partial charge in [0.2, 0.25) is 0 Å². The lowest BCUT2D eigenvalue weighted by atomic mass is 10.1. The quantitative estimate of drug-likeness (QED) is 0.797. The maximum Gasteiger partial charge on any atom is 0.126 e. The van der Waals surface area contributed by atoms with Gasteiger partial charge in [-0.3, -0.25) is 0 Å². The Labute approximate surface area is 132 Å². The van der Waals surface area contributed by atoms with Crippen LogP contribution in [0.4, 0.5) is 4.39 Å². The molecule has 0 aromatic heterocycles. The summed E-state index contributed by atoms with van der Waals surface area (Å²) >= 11 is 0. The fraction of sp³-hybridized carbons (Fsp3) is 0.368. The minimum absolute atomic E-state index is 0.0956. The third-order valence-electron chi connectivity index (χ3n) is 3.99. The van der Waals surface area contributed by atoms with Crippen molar-refractivity contribution in [3.63, 3.8) is 0 Å². The number of hydrogen-bond donors (Lipinski definition) is 1. The van der Waals surface area contributed by atoms with E-state index in [0.717, 1.165) is 37.1 Å². The first-order chi connectivity index (χ1) is 10.7. The Morgan fingerprint density at radius 1 is 1.05 bits per heavy atom. The van der Waals surface area contributed by atoms with Crippen molar-refractivity contribution in [2.75, 3.05) is 13.7 Å². The molecule has 0 bridgehead atoms. The topological polar surface area (TPSA) is 25.8 Å². The van der Waals surface area contributed by atoms with Crippen LogP contribution in [0.25, 0.3) is 0 Å². The van der Waals surface area contributed by atoms with Gasteiger partial charge in [-0.2, -0.15) is 0 Å². The van der Waals surface area contributed by atoms with E-state index in [4.69, 9.17) is 4.74 Å². The van der Waals surface area contributed by atoms with Gasteiger partial charge in [-0.05, 0) is 42.7 Å². The van der Waals surface area contributed by atoms with Crippen LogP contribution in [0.2, 0.25) is 0 Å². The van der Waals surface area contributed by atoms with E-state index in [1.807, 2.05) is 24.3 Å². The van der Waals surface area contributed by atoms with Gasteiger partial charge in [0.25, 0.3) is 0 Å². The summed E-state index contributed by atoms with van der Waals surface area (Å²) in [6.07, 6.45) is 2.95. The smallest absolute Gasteiger partial charge is 0.126 e. The normalized spacial score (nSPS) is 12.1. The predicted octanol–water partition coefficient (Wildman–Crippen LogP) is 2.96. The second-order valence-electron chi connectivity index (χ2n) is 5.73. The van der Waals surface area contributed by atoms with Gasteiger partial charge in [0.05, 0.1) is 19.7 Å². The molecule has 118 valence electrons. The Bertz CT molecular complexity index is 568. The lowest BCUT2D eigenvalue weighted by Gasteiger charge is -2.11.